The molecule has 1 unspecified atom stereocenters. The van der Waals surface area contributed by atoms with Crippen molar-refractivity contribution >= 4 is 72.8 Å². The highest BCUT2D eigenvalue weighted by molar-refractivity contribution is 7.22. The van der Waals surface area contributed by atoms with Crippen molar-refractivity contribution < 1.29 is 29.0 Å². The van der Waals surface area contributed by atoms with Crippen LogP contribution < -0.4 is 25.2 Å². The Bertz CT molecular complexity index is 3160. The zero-order valence-electron chi connectivity index (χ0n) is 41.2. The number of amides is 3. The smallest absolute Gasteiger partial charge is 0.354 e. The molecule has 0 radical (unpaired) electrons. The van der Waals surface area contributed by atoms with Crippen LogP contribution in [0.2, 0.25) is 0 Å². The predicted molar refractivity (Wildman–Crippen MR) is 284 cm³/mol. The van der Waals surface area contributed by atoms with Crippen LogP contribution in [0.25, 0.3) is 21.1 Å². The summed E-state index contributed by atoms with van der Waals surface area (Å²) in [5.41, 5.74) is 8.43. The molecule has 3 N–H and O–H groups in total. The summed E-state index contributed by atoms with van der Waals surface area (Å²) in [5, 5.41) is 22.0. The highest BCUT2D eigenvalue weighted by atomic mass is 32.1. The van der Waals surface area contributed by atoms with E-state index in [1.165, 1.54) is 48.3 Å². The van der Waals surface area contributed by atoms with E-state index < -0.39 is 11.9 Å². The molecule has 3 saturated heterocycles. The van der Waals surface area contributed by atoms with Crippen molar-refractivity contribution in [3.63, 3.8) is 0 Å². The summed E-state index contributed by atoms with van der Waals surface area (Å²) < 4.78 is 9.00. The summed E-state index contributed by atoms with van der Waals surface area (Å²) in [6, 6.07) is 32.3. The first kappa shape index (κ1) is 48.1. The van der Waals surface area contributed by atoms with Crippen LogP contribution in [0, 0.1) is 11.8 Å². The third kappa shape index (κ3) is 10.7. The number of aromatic nitrogens is 4. The number of piperidine rings is 3. The molecule has 4 aliphatic heterocycles. The molecule has 0 spiro atoms. The Kier molecular flexibility index (Phi) is 13.9. The Morgan fingerprint density at radius 2 is 1.64 bits per heavy atom. The molecule has 3 aromatic heterocycles. The lowest BCUT2D eigenvalue weighted by molar-refractivity contribution is -0.134. The van der Waals surface area contributed by atoms with E-state index in [9.17, 15) is 24.3 Å². The molecule has 0 aliphatic carbocycles. The highest BCUT2D eigenvalue weighted by Crippen LogP contribution is 2.35. The lowest BCUT2D eigenvalue weighted by Gasteiger charge is -2.38. The number of nitrogens with one attached hydrogen (secondary N) is 2. The van der Waals surface area contributed by atoms with Gasteiger partial charge >= 0.3 is 5.97 Å². The number of hydrogen-bond acceptors (Lipinski definition) is 12. The average Bonchev–Trinajstić information content (AvgIpc) is 3.97. The molecular weight excluding hydrogens is 939 g/mol. The number of thiazole rings is 1. The standard InChI is InChI=1S/C57H61N9O6S/c1-63-48-33-41(14-17-44(48)53(62-63)45-18-20-51(67)60-55(45)69)65-28-23-38(24-29-65)34-64-26-21-37(22-27-64)32-36-11-15-42(16-12-36)72-31-5-7-40-13-19-50(59-52(40)56(70)71)66-30-25-39-6-4-8-43(46(39)35-66)54(68)61-57-58-47-9-2-3-10-49(47)73-57/h2-4,6,8-17,19,33,37-38,45H,5,7,18,20-32,34-35H2,1H3,(H,70,71)(H,58,61,68)(H,60,67,69). The van der Waals surface area contributed by atoms with Crippen molar-refractivity contribution in [3.8, 4) is 5.75 Å². The number of fused-ring (bicyclic) bond motifs is 3. The van der Waals surface area contributed by atoms with Crippen LogP contribution in [-0.4, -0.2) is 99.3 Å². The molecule has 3 amide bonds. The summed E-state index contributed by atoms with van der Waals surface area (Å²) in [5.74, 6) is 0.595. The minimum absolute atomic E-state index is 0.0448. The minimum atomic E-state index is -1.06. The number of carbonyl (C=O) groups is 4. The van der Waals surface area contributed by atoms with Gasteiger partial charge in [0.25, 0.3) is 5.91 Å². The first-order valence-electron chi connectivity index (χ1n) is 25.8. The van der Waals surface area contributed by atoms with Gasteiger partial charge in [-0.2, -0.15) is 5.10 Å². The van der Waals surface area contributed by atoms with Crippen LogP contribution in [0.3, 0.4) is 0 Å². The van der Waals surface area contributed by atoms with Gasteiger partial charge in [0, 0.05) is 62.8 Å². The van der Waals surface area contributed by atoms with Crippen LogP contribution in [-0.2, 0) is 42.4 Å². The maximum atomic E-state index is 13.6. The number of aryl methyl sites for hydroxylation is 2. The summed E-state index contributed by atoms with van der Waals surface area (Å²) in [6.45, 7) is 7.04. The first-order chi connectivity index (χ1) is 35.6. The van der Waals surface area contributed by atoms with Gasteiger partial charge in [0.1, 0.15) is 11.6 Å². The topological polar surface area (TPSA) is 175 Å². The number of anilines is 3. The molecule has 16 heteroatoms. The molecule has 0 saturated carbocycles. The number of likely N-dealkylation sites (tertiary alicyclic amines) is 1. The van der Waals surface area contributed by atoms with E-state index in [-0.39, 0.29) is 23.4 Å². The number of imide groups is 1. The number of carboxylic acids is 1. The number of ether oxygens (including phenoxy) is 1. The lowest BCUT2D eigenvalue weighted by atomic mass is 9.89. The van der Waals surface area contributed by atoms with Gasteiger partial charge in [-0.05, 0) is 160 Å². The number of benzene rings is 4. The van der Waals surface area contributed by atoms with Gasteiger partial charge in [-0.3, -0.25) is 29.7 Å². The second-order valence-electron chi connectivity index (χ2n) is 20.2. The van der Waals surface area contributed by atoms with Crippen molar-refractivity contribution in [1.29, 1.82) is 0 Å². The Morgan fingerprint density at radius 1 is 0.836 bits per heavy atom. The SMILES string of the molecule is Cn1nc(C2CCC(=O)NC2=O)c2ccc(N3CCC(CN4CCC(Cc5ccc(OCCCc6ccc(N7CCc8cccc(C(=O)Nc9nc%10ccccc%10s9)c8C7)nc6C(=O)O)cc5)CC4)CC3)cc21. The summed E-state index contributed by atoms with van der Waals surface area (Å²) >= 11 is 1.44. The van der Waals surface area contributed by atoms with Crippen molar-refractivity contribution in [2.45, 2.75) is 76.7 Å². The van der Waals surface area contributed by atoms with Crippen molar-refractivity contribution in [1.82, 2.24) is 30.0 Å². The fraction of sp³-hybridized carbons (Fsp3) is 0.386. The van der Waals surface area contributed by atoms with Crippen molar-refractivity contribution in [2.24, 2.45) is 18.9 Å². The van der Waals surface area contributed by atoms with Crippen LogP contribution in [0.4, 0.5) is 16.6 Å². The van der Waals surface area contributed by atoms with E-state index in [1.807, 2.05) is 71.2 Å². The zero-order valence-corrected chi connectivity index (χ0v) is 42.0. The van der Waals surface area contributed by atoms with Gasteiger partial charge in [-0.25, -0.2) is 14.8 Å². The molecule has 15 nitrogen and oxygen atoms in total. The fourth-order valence-electron chi connectivity index (χ4n) is 11.4. The minimum Gasteiger partial charge on any atom is -0.494 e. The van der Waals surface area contributed by atoms with E-state index in [1.54, 1.807) is 0 Å². The number of para-hydroxylation sites is 1. The number of aromatic carboxylic acids is 1. The van der Waals surface area contributed by atoms with Crippen LogP contribution in [0.5, 0.6) is 5.75 Å². The van der Waals surface area contributed by atoms with Crippen molar-refractivity contribution in [3.05, 3.63) is 136 Å². The van der Waals surface area contributed by atoms with Gasteiger partial charge in [-0.15, -0.1) is 0 Å². The largest absolute Gasteiger partial charge is 0.494 e. The van der Waals surface area contributed by atoms with E-state index >= 15 is 0 Å². The highest BCUT2D eigenvalue weighted by Gasteiger charge is 2.33. The number of carbonyl (C=O) groups excluding carboxylic acids is 3. The van der Waals surface area contributed by atoms with E-state index in [4.69, 9.17) is 9.84 Å². The van der Waals surface area contributed by atoms with Gasteiger partial charge < -0.3 is 24.5 Å². The summed E-state index contributed by atoms with van der Waals surface area (Å²) in [7, 11) is 1.93. The second kappa shape index (κ2) is 21.1. The Balaban J connectivity index is 0.607. The molecule has 7 aromatic rings. The van der Waals surface area contributed by atoms with Gasteiger partial charge in [-0.1, -0.05) is 53.8 Å². The third-order valence-electron chi connectivity index (χ3n) is 15.5. The fourth-order valence-corrected chi connectivity index (χ4v) is 12.3. The molecule has 7 heterocycles. The number of nitrogens with zero attached hydrogens (tertiary/aromatic N) is 7. The van der Waals surface area contributed by atoms with Gasteiger partial charge in [0.15, 0.2) is 10.8 Å². The zero-order chi connectivity index (χ0) is 50.0. The van der Waals surface area contributed by atoms with Gasteiger partial charge in [0.2, 0.25) is 11.8 Å². The number of rotatable bonds is 15. The quantitative estimate of drug-likeness (QED) is 0.0659. The van der Waals surface area contributed by atoms with Crippen LogP contribution >= 0.6 is 11.3 Å². The van der Waals surface area contributed by atoms with E-state index in [0.717, 1.165) is 82.8 Å². The number of pyridine rings is 1. The molecule has 3 fully saturated rings. The third-order valence-corrected chi connectivity index (χ3v) is 16.4. The summed E-state index contributed by atoms with van der Waals surface area (Å²) in [6.07, 6.45) is 8.51. The van der Waals surface area contributed by atoms with Crippen LogP contribution in [0.15, 0.2) is 97.1 Å². The van der Waals surface area contributed by atoms with Gasteiger partial charge in [0.05, 0.1) is 34.0 Å². The Labute approximate surface area is 428 Å². The molecule has 11 rings (SSSR count). The Hall–Kier alpha value is -7.17. The Morgan fingerprint density at radius 3 is 2.44 bits per heavy atom. The predicted octanol–water partition coefficient (Wildman–Crippen LogP) is 8.79. The maximum absolute atomic E-state index is 13.6. The average molecular weight is 1000 g/mol. The molecule has 4 aromatic carbocycles. The molecule has 4 aliphatic rings. The normalized spacial score (nSPS) is 18.0. The molecule has 73 heavy (non-hydrogen) atoms. The summed E-state index contributed by atoms with van der Waals surface area (Å²) in [4.78, 5) is 66.8. The lowest BCUT2D eigenvalue weighted by Crippen LogP contribution is -2.41. The molecule has 1 atom stereocenters. The number of carboxylic acid groups (broad SMARTS) is 1. The monoisotopic (exact) mass is 999 g/mol. The van der Waals surface area contributed by atoms with E-state index in [2.05, 4.69) is 72.9 Å². The second-order valence-corrected chi connectivity index (χ2v) is 21.3. The van der Waals surface area contributed by atoms with Crippen molar-refractivity contribution in [2.75, 3.05) is 61.0 Å². The molecule has 376 valence electrons. The first-order valence-corrected chi connectivity index (χ1v) is 26.7. The molecular formula is C57H61N9O6S. The maximum Gasteiger partial charge on any atom is 0.354 e. The van der Waals surface area contributed by atoms with Crippen LogP contribution in [0.1, 0.15) is 99.7 Å². The number of hydrogen-bond donors (Lipinski definition) is 3. The molecule has 0 bridgehead atoms. The van der Waals surface area contributed by atoms with E-state index in [0.29, 0.717) is 85.7 Å².